The minimum atomic E-state index is -4.79. The molecular weight excluding hydrogens is 459 g/mol. The number of fused-ring (bicyclic) bond motifs is 1. The number of hydrogen-bond donors (Lipinski definition) is 3. The van der Waals surface area contributed by atoms with Gasteiger partial charge in [0.25, 0.3) is 5.91 Å². The number of alkyl halides is 3. The first-order chi connectivity index (χ1) is 14.7. The van der Waals surface area contributed by atoms with Crippen molar-refractivity contribution in [1.29, 1.82) is 0 Å². The number of ether oxygens (including phenoxy) is 1. The van der Waals surface area contributed by atoms with Gasteiger partial charge < -0.3 is 10.1 Å². The second-order valence-corrected chi connectivity index (χ2v) is 10.9. The number of carbonyl (C=O) groups is 1. The predicted octanol–water partition coefficient (Wildman–Crippen LogP) is 5.77. The highest BCUT2D eigenvalue weighted by Crippen LogP contribution is 2.51. The first-order valence-electron chi connectivity index (χ1n) is 9.81. The Morgan fingerprint density at radius 2 is 1.72 bits per heavy atom. The summed E-state index contributed by atoms with van der Waals surface area (Å²) < 4.78 is 40.6. The number of nitrogens with one attached hydrogen (secondary N) is 3. The van der Waals surface area contributed by atoms with Gasteiger partial charge in [-0.3, -0.25) is 15.6 Å². The van der Waals surface area contributed by atoms with Gasteiger partial charge in [0.2, 0.25) is 0 Å². The third-order valence-corrected chi connectivity index (χ3v) is 6.34. The summed E-state index contributed by atoms with van der Waals surface area (Å²) in [6, 6.07) is 10.6. The summed E-state index contributed by atoms with van der Waals surface area (Å²) in [5.74, 6) is -0.964. The van der Waals surface area contributed by atoms with Crippen molar-refractivity contribution in [2.75, 3.05) is 5.32 Å². The average molecular weight is 484 g/mol. The maximum absolute atomic E-state index is 12.2. The number of benzene rings is 2. The predicted molar refractivity (Wildman–Crippen MR) is 124 cm³/mol. The van der Waals surface area contributed by atoms with Crippen LogP contribution in [-0.2, 0) is 5.41 Å². The smallest absolute Gasteiger partial charge is 0.406 e. The van der Waals surface area contributed by atoms with Gasteiger partial charge in [0.15, 0.2) is 5.11 Å². The summed E-state index contributed by atoms with van der Waals surface area (Å²) in [7, 11) is 0. The van der Waals surface area contributed by atoms with Gasteiger partial charge in [0, 0.05) is 20.9 Å². The topological polar surface area (TPSA) is 62.4 Å². The lowest BCUT2D eigenvalue weighted by Gasteiger charge is -2.41. The van der Waals surface area contributed by atoms with Crippen molar-refractivity contribution < 1.29 is 22.7 Å². The molecule has 1 aliphatic rings. The van der Waals surface area contributed by atoms with Crippen LogP contribution in [0.4, 0.5) is 18.9 Å². The second kappa shape index (κ2) is 8.82. The minimum Gasteiger partial charge on any atom is -0.406 e. The summed E-state index contributed by atoms with van der Waals surface area (Å²) in [6.45, 7) is 8.93. The van der Waals surface area contributed by atoms with Crippen LogP contribution in [0.5, 0.6) is 5.75 Å². The summed E-state index contributed by atoms with van der Waals surface area (Å²) in [5, 5.41) is 3.22. The molecule has 0 saturated carbocycles. The van der Waals surface area contributed by atoms with E-state index in [4.69, 9.17) is 12.2 Å². The fraction of sp³-hybridized carbons (Fsp3) is 0.364. The van der Waals surface area contributed by atoms with Crippen molar-refractivity contribution in [1.82, 2.24) is 10.9 Å². The molecule has 3 rings (SSSR count). The second-order valence-electron chi connectivity index (χ2n) is 8.74. The van der Waals surface area contributed by atoms with Crippen molar-refractivity contribution in [2.24, 2.45) is 0 Å². The molecule has 32 heavy (non-hydrogen) atoms. The Labute approximate surface area is 194 Å². The minimum absolute atomic E-state index is 0.00697. The molecule has 3 N–H and O–H groups in total. The Balaban J connectivity index is 1.58. The lowest BCUT2D eigenvalue weighted by molar-refractivity contribution is -0.274. The Morgan fingerprint density at radius 3 is 2.34 bits per heavy atom. The molecule has 1 amide bonds. The Hall–Kier alpha value is -2.46. The molecule has 0 fully saturated rings. The van der Waals surface area contributed by atoms with E-state index in [9.17, 15) is 18.0 Å². The van der Waals surface area contributed by atoms with Crippen molar-refractivity contribution >= 4 is 40.7 Å². The first kappa shape index (κ1) is 24.2. The number of amides is 1. The third-order valence-electron chi connectivity index (χ3n) is 4.86. The Kier molecular flexibility index (Phi) is 6.67. The lowest BCUT2D eigenvalue weighted by Crippen LogP contribution is -2.43. The normalized spacial score (nSPS) is 16.5. The van der Waals surface area contributed by atoms with Crippen molar-refractivity contribution in [2.45, 2.75) is 55.5 Å². The molecule has 1 heterocycles. The van der Waals surface area contributed by atoms with Crippen LogP contribution in [0.15, 0.2) is 47.4 Å². The van der Waals surface area contributed by atoms with Crippen LogP contribution < -0.4 is 20.9 Å². The molecule has 10 heteroatoms. The first-order valence-corrected chi connectivity index (χ1v) is 11.0. The molecule has 5 nitrogen and oxygen atoms in total. The molecule has 1 aliphatic heterocycles. The van der Waals surface area contributed by atoms with E-state index in [0.29, 0.717) is 0 Å². The molecule has 172 valence electrons. The number of anilines is 1. The van der Waals surface area contributed by atoms with Gasteiger partial charge in [-0.1, -0.05) is 27.7 Å². The van der Waals surface area contributed by atoms with Gasteiger partial charge in [0.1, 0.15) is 5.75 Å². The standard InChI is InChI=1S/C22H24F3N3O2S2/c1-20(2)12-21(3,4)32-17-10-7-14(11-16(17)20)26-19(31)28-27-18(29)13-5-8-15(9-6-13)30-22(23,24)25/h5-11H,12H2,1-4H3,(H,27,29)(H2,26,28,31). The zero-order chi connectivity index (χ0) is 23.7. The fourth-order valence-corrected chi connectivity index (χ4v) is 5.65. The van der Waals surface area contributed by atoms with Crippen molar-refractivity contribution in [3.05, 3.63) is 53.6 Å². The van der Waals surface area contributed by atoms with Crippen LogP contribution in [0.3, 0.4) is 0 Å². The van der Waals surface area contributed by atoms with Crippen LogP contribution in [0.1, 0.15) is 50.0 Å². The molecule has 0 radical (unpaired) electrons. The average Bonchev–Trinajstić information content (AvgIpc) is 2.64. The van der Waals surface area contributed by atoms with Crippen LogP contribution in [0.2, 0.25) is 0 Å². The third kappa shape index (κ3) is 6.29. The molecule has 0 bridgehead atoms. The van der Waals surface area contributed by atoms with Gasteiger partial charge in [-0.25, -0.2) is 0 Å². The van der Waals surface area contributed by atoms with E-state index in [1.807, 2.05) is 17.8 Å². The monoisotopic (exact) mass is 483 g/mol. The molecule has 0 spiro atoms. The van der Waals surface area contributed by atoms with Crippen LogP contribution in [0, 0.1) is 0 Å². The van der Waals surface area contributed by atoms with E-state index in [1.54, 1.807) is 0 Å². The molecule has 2 aromatic rings. The van der Waals surface area contributed by atoms with Crippen LogP contribution >= 0.6 is 24.0 Å². The zero-order valence-corrected chi connectivity index (χ0v) is 19.6. The van der Waals surface area contributed by atoms with E-state index in [-0.39, 0.29) is 20.8 Å². The van der Waals surface area contributed by atoms with E-state index in [0.717, 1.165) is 24.2 Å². The lowest BCUT2D eigenvalue weighted by atomic mass is 9.77. The summed E-state index contributed by atoms with van der Waals surface area (Å²) >= 11 is 7.10. The highest BCUT2D eigenvalue weighted by molar-refractivity contribution is 8.00. The molecule has 2 aromatic carbocycles. The van der Waals surface area contributed by atoms with Gasteiger partial charge >= 0.3 is 6.36 Å². The molecule has 0 atom stereocenters. The van der Waals surface area contributed by atoms with Gasteiger partial charge in [-0.05, 0) is 72.1 Å². The molecular formula is C22H24F3N3O2S2. The van der Waals surface area contributed by atoms with Crippen molar-refractivity contribution in [3.63, 3.8) is 0 Å². The number of hydrazine groups is 1. The highest BCUT2D eigenvalue weighted by atomic mass is 32.2. The summed E-state index contributed by atoms with van der Waals surface area (Å²) in [4.78, 5) is 13.4. The number of thioether (sulfide) groups is 1. The van der Waals surface area contributed by atoms with E-state index < -0.39 is 18.0 Å². The van der Waals surface area contributed by atoms with E-state index >= 15 is 0 Å². The summed E-state index contributed by atoms with van der Waals surface area (Å²) in [5.41, 5.74) is 7.19. The number of thiocarbonyl (C=S) groups is 1. The molecule has 0 aromatic heterocycles. The Bertz CT molecular complexity index is 1020. The number of halogens is 3. The van der Waals surface area contributed by atoms with Gasteiger partial charge in [-0.2, -0.15) is 0 Å². The summed E-state index contributed by atoms with van der Waals surface area (Å²) in [6.07, 6.45) is -3.75. The Morgan fingerprint density at radius 1 is 1.06 bits per heavy atom. The maximum atomic E-state index is 12.2. The van der Waals surface area contributed by atoms with Gasteiger partial charge in [-0.15, -0.1) is 24.9 Å². The SMILES string of the molecule is CC1(C)CC(C)(C)c2cc(NC(=S)NNC(=O)c3ccc(OC(F)(F)F)cc3)ccc2S1. The highest BCUT2D eigenvalue weighted by Gasteiger charge is 2.38. The molecule has 0 saturated heterocycles. The number of hydrogen-bond acceptors (Lipinski definition) is 4. The maximum Gasteiger partial charge on any atom is 0.573 e. The van der Waals surface area contributed by atoms with Crippen LogP contribution in [-0.4, -0.2) is 22.1 Å². The largest absolute Gasteiger partial charge is 0.573 e. The van der Waals surface area contributed by atoms with Gasteiger partial charge in [0.05, 0.1) is 0 Å². The molecule has 0 aliphatic carbocycles. The quantitative estimate of drug-likeness (QED) is 0.381. The van der Waals surface area contributed by atoms with E-state index in [1.165, 1.54) is 22.6 Å². The van der Waals surface area contributed by atoms with E-state index in [2.05, 4.69) is 60.7 Å². The van der Waals surface area contributed by atoms with Crippen LogP contribution in [0.25, 0.3) is 0 Å². The van der Waals surface area contributed by atoms with Crippen molar-refractivity contribution in [3.8, 4) is 5.75 Å². The number of rotatable bonds is 3. The molecule has 0 unspecified atom stereocenters. The fourth-order valence-electron chi connectivity index (χ4n) is 3.87. The zero-order valence-electron chi connectivity index (χ0n) is 18.0. The number of carbonyl (C=O) groups excluding carboxylic acids is 1.